The van der Waals surface area contributed by atoms with Crippen LogP contribution in [-0.2, 0) is 16.6 Å². The monoisotopic (exact) mass is 406 g/mol. The molecule has 0 radical (unpaired) electrons. The van der Waals surface area contributed by atoms with Crippen LogP contribution in [0.2, 0.25) is 0 Å². The molecule has 2 aromatic rings. The van der Waals surface area contributed by atoms with Crippen molar-refractivity contribution >= 4 is 11.6 Å². The summed E-state index contributed by atoms with van der Waals surface area (Å²) in [5, 5.41) is 3.15. The maximum Gasteiger partial charge on any atom is 0.220 e. The largest absolute Gasteiger partial charge is 0.372 e. The van der Waals surface area contributed by atoms with Crippen molar-refractivity contribution < 1.29 is 4.79 Å². The van der Waals surface area contributed by atoms with E-state index in [1.165, 1.54) is 29.7 Å². The zero-order valence-electron chi connectivity index (χ0n) is 19.4. The zero-order valence-corrected chi connectivity index (χ0v) is 19.4. The average Bonchev–Trinajstić information content (AvgIpc) is 2.72. The molecule has 1 aliphatic rings. The van der Waals surface area contributed by atoms with Gasteiger partial charge in [-0.3, -0.25) is 4.79 Å². The lowest BCUT2D eigenvalue weighted by atomic mass is 9.86. The van der Waals surface area contributed by atoms with Gasteiger partial charge in [0.2, 0.25) is 5.91 Å². The van der Waals surface area contributed by atoms with Crippen molar-refractivity contribution in [1.82, 2.24) is 5.32 Å². The van der Waals surface area contributed by atoms with Crippen molar-refractivity contribution in [3.8, 4) is 0 Å². The molecule has 1 saturated heterocycles. The number of anilines is 1. The molecule has 0 saturated carbocycles. The lowest BCUT2D eigenvalue weighted by molar-refractivity contribution is -0.121. The highest BCUT2D eigenvalue weighted by Gasteiger charge is 2.17. The molecule has 1 amide bonds. The normalized spacial score (nSPS) is 16.4. The minimum Gasteiger partial charge on any atom is -0.372 e. The van der Waals surface area contributed by atoms with Crippen LogP contribution in [0, 0.1) is 5.92 Å². The highest BCUT2D eigenvalue weighted by molar-refractivity contribution is 5.76. The number of hydrogen-bond donors (Lipinski definition) is 1. The van der Waals surface area contributed by atoms with E-state index < -0.39 is 0 Å². The molecule has 3 heteroatoms. The Bertz CT molecular complexity index is 809. The third-order valence-corrected chi connectivity index (χ3v) is 6.38. The summed E-state index contributed by atoms with van der Waals surface area (Å²) in [7, 11) is 0. The summed E-state index contributed by atoms with van der Waals surface area (Å²) < 4.78 is 0. The maximum absolute atomic E-state index is 12.5. The summed E-state index contributed by atoms with van der Waals surface area (Å²) >= 11 is 0. The predicted molar refractivity (Wildman–Crippen MR) is 127 cm³/mol. The fourth-order valence-corrected chi connectivity index (χ4v) is 4.07. The SMILES string of the molecule is CC1CCN(c2ccc([C@H](C)NC(=O)CCc3ccc(C(C)(C)C)cc3)cc2)CC1. The van der Waals surface area contributed by atoms with E-state index in [2.05, 4.69) is 93.4 Å². The van der Waals surface area contributed by atoms with Crippen LogP contribution in [-0.4, -0.2) is 19.0 Å². The fraction of sp³-hybridized carbons (Fsp3) is 0.519. The van der Waals surface area contributed by atoms with Crippen molar-refractivity contribution in [1.29, 1.82) is 0 Å². The van der Waals surface area contributed by atoms with Crippen LogP contribution in [0.1, 0.15) is 76.6 Å². The molecule has 0 bridgehead atoms. The van der Waals surface area contributed by atoms with E-state index in [1.54, 1.807) is 0 Å². The summed E-state index contributed by atoms with van der Waals surface area (Å²) in [4.78, 5) is 14.9. The molecule has 3 nitrogen and oxygen atoms in total. The molecule has 162 valence electrons. The summed E-state index contributed by atoms with van der Waals surface area (Å²) in [6.45, 7) is 13.3. The van der Waals surface area contributed by atoms with Crippen LogP contribution in [0.25, 0.3) is 0 Å². The molecule has 2 aromatic carbocycles. The Morgan fingerprint density at radius 3 is 2.20 bits per heavy atom. The van der Waals surface area contributed by atoms with E-state index in [0.717, 1.165) is 31.0 Å². The lowest BCUT2D eigenvalue weighted by Gasteiger charge is -2.32. The molecule has 1 heterocycles. The van der Waals surface area contributed by atoms with Crippen LogP contribution in [0.5, 0.6) is 0 Å². The topological polar surface area (TPSA) is 32.3 Å². The van der Waals surface area contributed by atoms with Crippen molar-refractivity contribution in [2.75, 3.05) is 18.0 Å². The summed E-state index contributed by atoms with van der Waals surface area (Å²) in [5.41, 5.74) is 5.15. The Hall–Kier alpha value is -2.29. The van der Waals surface area contributed by atoms with E-state index in [1.807, 2.05) is 0 Å². The molecule has 1 atom stereocenters. The predicted octanol–water partition coefficient (Wildman–Crippen LogP) is 6.03. The first-order valence-electron chi connectivity index (χ1n) is 11.5. The van der Waals surface area contributed by atoms with Crippen LogP contribution < -0.4 is 10.2 Å². The van der Waals surface area contributed by atoms with Crippen molar-refractivity contribution in [3.05, 3.63) is 65.2 Å². The molecule has 30 heavy (non-hydrogen) atoms. The van der Waals surface area contributed by atoms with Gasteiger partial charge in [0.05, 0.1) is 6.04 Å². The van der Waals surface area contributed by atoms with E-state index >= 15 is 0 Å². The molecular formula is C27H38N2O. The lowest BCUT2D eigenvalue weighted by Crippen LogP contribution is -2.32. The summed E-state index contributed by atoms with van der Waals surface area (Å²) in [6.07, 6.45) is 3.83. The third-order valence-electron chi connectivity index (χ3n) is 6.38. The van der Waals surface area contributed by atoms with Gasteiger partial charge in [0, 0.05) is 25.2 Å². The first kappa shape index (κ1) is 22.4. The molecule has 0 aromatic heterocycles. The van der Waals surface area contributed by atoms with Gasteiger partial charge in [-0.1, -0.05) is 64.1 Å². The zero-order chi connectivity index (χ0) is 21.7. The molecule has 0 spiro atoms. The minimum absolute atomic E-state index is 0.0243. The van der Waals surface area contributed by atoms with Gasteiger partial charge >= 0.3 is 0 Å². The first-order chi connectivity index (χ1) is 14.2. The van der Waals surface area contributed by atoms with Gasteiger partial charge < -0.3 is 10.2 Å². The average molecular weight is 407 g/mol. The Kier molecular flexibility index (Phi) is 7.23. The number of benzene rings is 2. The minimum atomic E-state index is 0.0243. The Morgan fingerprint density at radius 2 is 1.63 bits per heavy atom. The van der Waals surface area contributed by atoms with Crippen LogP contribution in [0.15, 0.2) is 48.5 Å². The second-order valence-electron chi connectivity index (χ2n) is 10.00. The smallest absolute Gasteiger partial charge is 0.220 e. The van der Waals surface area contributed by atoms with Gasteiger partial charge in [-0.25, -0.2) is 0 Å². The summed E-state index contributed by atoms with van der Waals surface area (Å²) in [5.74, 6) is 0.948. The number of carbonyl (C=O) groups excluding carboxylic acids is 1. The third kappa shape index (κ3) is 6.10. The fourth-order valence-electron chi connectivity index (χ4n) is 4.07. The second kappa shape index (κ2) is 9.68. The molecule has 0 aliphatic carbocycles. The van der Waals surface area contributed by atoms with Gasteiger partial charge in [0.25, 0.3) is 0 Å². The Labute approximate surface area is 182 Å². The molecule has 1 N–H and O–H groups in total. The molecular weight excluding hydrogens is 368 g/mol. The second-order valence-corrected chi connectivity index (χ2v) is 10.00. The van der Waals surface area contributed by atoms with Crippen LogP contribution in [0.3, 0.4) is 0 Å². The maximum atomic E-state index is 12.5. The molecule has 1 aliphatic heterocycles. The van der Waals surface area contributed by atoms with Crippen LogP contribution in [0.4, 0.5) is 5.69 Å². The van der Waals surface area contributed by atoms with Crippen molar-refractivity contribution in [2.45, 2.75) is 71.8 Å². The highest BCUT2D eigenvalue weighted by Crippen LogP contribution is 2.25. The number of piperidine rings is 1. The van der Waals surface area contributed by atoms with Gasteiger partial charge in [0.15, 0.2) is 0 Å². The number of hydrogen-bond acceptors (Lipinski definition) is 2. The number of nitrogens with one attached hydrogen (secondary N) is 1. The molecule has 3 rings (SSSR count). The van der Waals surface area contributed by atoms with E-state index in [4.69, 9.17) is 0 Å². The van der Waals surface area contributed by atoms with Gasteiger partial charge in [0.1, 0.15) is 0 Å². The number of carbonyl (C=O) groups is 1. The van der Waals surface area contributed by atoms with E-state index in [-0.39, 0.29) is 17.4 Å². The van der Waals surface area contributed by atoms with Crippen molar-refractivity contribution in [2.24, 2.45) is 5.92 Å². The van der Waals surface area contributed by atoms with Crippen LogP contribution >= 0.6 is 0 Å². The van der Waals surface area contributed by atoms with E-state index in [9.17, 15) is 4.79 Å². The summed E-state index contributed by atoms with van der Waals surface area (Å²) in [6, 6.07) is 17.4. The Balaban J connectivity index is 1.48. The highest BCUT2D eigenvalue weighted by atomic mass is 16.1. The van der Waals surface area contributed by atoms with E-state index in [0.29, 0.717) is 6.42 Å². The van der Waals surface area contributed by atoms with Gasteiger partial charge in [-0.05, 0) is 66.3 Å². The number of amides is 1. The molecule has 1 fully saturated rings. The number of rotatable bonds is 6. The van der Waals surface area contributed by atoms with Crippen molar-refractivity contribution in [3.63, 3.8) is 0 Å². The first-order valence-corrected chi connectivity index (χ1v) is 11.5. The van der Waals surface area contributed by atoms with Gasteiger partial charge in [-0.2, -0.15) is 0 Å². The molecule has 0 unspecified atom stereocenters. The number of nitrogens with zero attached hydrogens (tertiary/aromatic N) is 1. The Morgan fingerprint density at radius 1 is 1.03 bits per heavy atom. The quantitative estimate of drug-likeness (QED) is 0.635. The number of aryl methyl sites for hydroxylation is 1. The van der Waals surface area contributed by atoms with Gasteiger partial charge in [-0.15, -0.1) is 0 Å². The standard InChI is InChI=1S/C27H38N2O/c1-20-16-18-29(19-17-20)25-13-9-23(10-14-25)21(2)28-26(30)15-8-22-6-11-24(12-7-22)27(3,4)5/h6-7,9-14,20-21H,8,15-19H2,1-5H3,(H,28,30)/t21-/m0/s1.